The number of amides is 2. The average molecular weight is 506 g/mol. The first-order valence-electron chi connectivity index (χ1n) is 11.1. The van der Waals surface area contributed by atoms with Crippen molar-refractivity contribution >= 4 is 44.9 Å². The van der Waals surface area contributed by atoms with Crippen molar-refractivity contribution in [3.05, 3.63) is 65.0 Å². The summed E-state index contributed by atoms with van der Waals surface area (Å²) in [5.41, 5.74) is -1.82. The van der Waals surface area contributed by atoms with Crippen LogP contribution >= 0.6 is 11.3 Å². The molecule has 2 aromatic carbocycles. The number of likely N-dealkylation sites (tertiary alicyclic amines) is 1. The highest BCUT2D eigenvalue weighted by atomic mass is 32.1. The summed E-state index contributed by atoms with van der Waals surface area (Å²) in [4.78, 5) is 38.3. The Balaban J connectivity index is 1.80. The number of rotatable bonds is 7. The standard InChI is InChI=1S/C25H23F3N2O4S/c1-24(23(34)29-12-5-10-21(31)32)11-13-30(24,17-7-4-6-16(14-17)25(26,27)28)22(33)19-15-35-20-9-3-2-8-18(19)20/h2-4,6-9,14-15H,5,10-13H2,1H3,(H-,29,31,32,34)/p+1. The fourth-order valence-corrected chi connectivity index (χ4v) is 5.65. The summed E-state index contributed by atoms with van der Waals surface area (Å²) < 4.78 is 41.0. The van der Waals surface area contributed by atoms with Gasteiger partial charge >= 0.3 is 18.1 Å². The molecule has 2 atom stereocenters. The monoisotopic (exact) mass is 505 g/mol. The van der Waals surface area contributed by atoms with Crippen molar-refractivity contribution in [3.8, 4) is 0 Å². The second-order valence-corrected chi connectivity index (χ2v) is 9.72. The van der Waals surface area contributed by atoms with Crippen LogP contribution in [0.3, 0.4) is 0 Å². The molecule has 2 heterocycles. The first kappa shape index (κ1) is 24.9. The van der Waals surface area contributed by atoms with E-state index in [2.05, 4.69) is 5.32 Å². The molecule has 10 heteroatoms. The number of aliphatic carboxylic acids is 1. The molecule has 1 saturated heterocycles. The predicted molar refractivity (Wildman–Crippen MR) is 127 cm³/mol. The van der Waals surface area contributed by atoms with Crippen LogP contribution in [0, 0.1) is 0 Å². The van der Waals surface area contributed by atoms with Crippen LogP contribution in [0.5, 0.6) is 0 Å². The molecule has 0 saturated carbocycles. The third-order valence-electron chi connectivity index (χ3n) is 6.79. The number of nitrogens with zero attached hydrogens (tertiary/aromatic N) is 1. The normalized spacial score (nSPS) is 21.9. The molecule has 3 aromatic rings. The van der Waals surface area contributed by atoms with E-state index in [1.165, 1.54) is 23.5 Å². The van der Waals surface area contributed by atoms with Gasteiger partial charge in [-0.25, -0.2) is 9.28 Å². The lowest BCUT2D eigenvalue weighted by Gasteiger charge is -2.55. The van der Waals surface area contributed by atoms with Gasteiger partial charge in [-0.1, -0.05) is 24.3 Å². The molecule has 6 nitrogen and oxygen atoms in total. The van der Waals surface area contributed by atoms with Gasteiger partial charge in [0.05, 0.1) is 24.1 Å². The molecule has 2 amide bonds. The Morgan fingerprint density at radius 3 is 2.54 bits per heavy atom. The van der Waals surface area contributed by atoms with E-state index in [-0.39, 0.29) is 38.0 Å². The molecule has 0 bridgehead atoms. The molecule has 1 aliphatic rings. The number of fused-ring (bicyclic) bond motifs is 1. The molecule has 1 fully saturated rings. The first-order chi connectivity index (χ1) is 16.5. The molecule has 2 N–H and O–H groups in total. The molecule has 1 aliphatic heterocycles. The topological polar surface area (TPSA) is 83.5 Å². The lowest BCUT2D eigenvalue weighted by atomic mass is 9.78. The number of nitrogens with one attached hydrogen (secondary N) is 1. The highest BCUT2D eigenvalue weighted by molar-refractivity contribution is 7.17. The summed E-state index contributed by atoms with van der Waals surface area (Å²) in [5, 5.41) is 13.9. The van der Waals surface area contributed by atoms with Crippen molar-refractivity contribution in [1.29, 1.82) is 0 Å². The summed E-state index contributed by atoms with van der Waals surface area (Å²) in [7, 11) is 0. The number of thiophene rings is 1. The molecule has 35 heavy (non-hydrogen) atoms. The lowest BCUT2D eigenvalue weighted by Crippen LogP contribution is -2.81. The molecule has 4 rings (SSSR count). The van der Waals surface area contributed by atoms with Crippen molar-refractivity contribution in [2.45, 2.75) is 37.9 Å². The van der Waals surface area contributed by atoms with Gasteiger partial charge in [-0.2, -0.15) is 13.2 Å². The Kier molecular flexibility index (Phi) is 6.46. The lowest BCUT2D eigenvalue weighted by molar-refractivity contribution is -0.139. The van der Waals surface area contributed by atoms with Crippen LogP contribution in [0.1, 0.15) is 42.1 Å². The number of halogens is 3. The highest BCUT2D eigenvalue weighted by Gasteiger charge is 2.67. The van der Waals surface area contributed by atoms with Gasteiger partial charge in [0.2, 0.25) is 0 Å². The van der Waals surface area contributed by atoms with E-state index in [0.717, 1.165) is 16.8 Å². The molecule has 0 spiro atoms. The zero-order valence-corrected chi connectivity index (χ0v) is 19.7. The van der Waals surface area contributed by atoms with E-state index < -0.39 is 39.5 Å². The van der Waals surface area contributed by atoms with E-state index in [4.69, 9.17) is 5.11 Å². The second kappa shape index (κ2) is 9.09. The fraction of sp³-hybridized carbons (Fsp3) is 0.320. The summed E-state index contributed by atoms with van der Waals surface area (Å²) >= 11 is 1.36. The Hall–Kier alpha value is -3.24. The van der Waals surface area contributed by atoms with Crippen LogP contribution in [0.4, 0.5) is 18.9 Å². The van der Waals surface area contributed by atoms with E-state index in [1.807, 2.05) is 12.1 Å². The van der Waals surface area contributed by atoms with Crippen LogP contribution in [0.15, 0.2) is 53.9 Å². The third kappa shape index (κ3) is 4.21. The molecular formula is C25H24F3N2O4S+. The summed E-state index contributed by atoms with van der Waals surface area (Å²) in [5.74, 6) is -1.95. The summed E-state index contributed by atoms with van der Waals surface area (Å²) in [6.45, 7) is 1.82. The Morgan fingerprint density at radius 1 is 1.14 bits per heavy atom. The number of carboxylic acids is 1. The number of alkyl halides is 3. The van der Waals surface area contributed by atoms with Gasteiger partial charge in [0, 0.05) is 41.4 Å². The van der Waals surface area contributed by atoms with Gasteiger partial charge in [0.1, 0.15) is 5.69 Å². The number of benzene rings is 2. The van der Waals surface area contributed by atoms with Gasteiger partial charge in [0.25, 0.3) is 5.91 Å². The molecule has 2 unspecified atom stereocenters. The minimum absolute atomic E-state index is 0.0822. The van der Waals surface area contributed by atoms with Gasteiger partial charge < -0.3 is 10.4 Å². The quantitative estimate of drug-likeness (QED) is 0.341. The Morgan fingerprint density at radius 2 is 1.89 bits per heavy atom. The van der Waals surface area contributed by atoms with Crippen LogP contribution in [0.2, 0.25) is 0 Å². The van der Waals surface area contributed by atoms with Crippen molar-refractivity contribution in [3.63, 3.8) is 0 Å². The SMILES string of the molecule is CC1(C(=O)NCCCC(=O)O)CC[N+]1(C(=O)c1csc2ccccc12)c1cccc(C(F)(F)F)c1. The molecule has 0 aliphatic carbocycles. The number of carbonyl (C=O) groups is 3. The zero-order chi connectivity index (χ0) is 25.4. The van der Waals surface area contributed by atoms with E-state index >= 15 is 0 Å². The number of carbonyl (C=O) groups excluding carboxylic acids is 2. The molecular weight excluding hydrogens is 481 g/mol. The largest absolute Gasteiger partial charge is 0.481 e. The average Bonchev–Trinajstić information content (AvgIpc) is 3.24. The number of hydrogen-bond donors (Lipinski definition) is 2. The van der Waals surface area contributed by atoms with Gasteiger partial charge in [0.15, 0.2) is 5.54 Å². The summed E-state index contributed by atoms with van der Waals surface area (Å²) in [6.07, 6.45) is -4.27. The van der Waals surface area contributed by atoms with Crippen molar-refractivity contribution in [2.24, 2.45) is 0 Å². The maximum absolute atomic E-state index is 14.2. The van der Waals surface area contributed by atoms with Gasteiger partial charge in [-0.3, -0.25) is 9.59 Å². The van der Waals surface area contributed by atoms with Crippen LogP contribution in [-0.2, 0) is 15.8 Å². The van der Waals surface area contributed by atoms with Crippen molar-refractivity contribution < 1.29 is 32.7 Å². The van der Waals surface area contributed by atoms with Crippen molar-refractivity contribution in [2.75, 3.05) is 13.1 Å². The molecule has 184 valence electrons. The van der Waals surface area contributed by atoms with Gasteiger partial charge in [-0.05, 0) is 24.6 Å². The fourth-order valence-electron chi connectivity index (χ4n) is 4.72. The number of carboxylic acid groups (broad SMARTS) is 1. The third-order valence-corrected chi connectivity index (χ3v) is 7.75. The molecule has 1 aromatic heterocycles. The number of hydrogen-bond acceptors (Lipinski definition) is 4. The minimum Gasteiger partial charge on any atom is -0.481 e. The predicted octanol–water partition coefficient (Wildman–Crippen LogP) is 5.21. The smallest absolute Gasteiger partial charge is 0.416 e. The Labute approximate surface area is 203 Å². The van der Waals surface area contributed by atoms with Crippen LogP contribution < -0.4 is 9.80 Å². The van der Waals surface area contributed by atoms with E-state index in [9.17, 15) is 27.6 Å². The molecule has 0 radical (unpaired) electrons. The minimum atomic E-state index is -4.61. The second-order valence-electron chi connectivity index (χ2n) is 8.81. The summed E-state index contributed by atoms with van der Waals surface area (Å²) in [6, 6.07) is 11.8. The van der Waals surface area contributed by atoms with E-state index in [1.54, 1.807) is 24.4 Å². The zero-order valence-electron chi connectivity index (χ0n) is 18.9. The Bertz CT molecular complexity index is 1310. The van der Waals surface area contributed by atoms with Crippen LogP contribution in [0.25, 0.3) is 10.1 Å². The highest BCUT2D eigenvalue weighted by Crippen LogP contribution is 2.48. The maximum atomic E-state index is 14.2. The van der Waals surface area contributed by atoms with Gasteiger partial charge in [-0.15, -0.1) is 11.3 Å². The van der Waals surface area contributed by atoms with E-state index in [0.29, 0.717) is 10.9 Å². The maximum Gasteiger partial charge on any atom is 0.416 e. The first-order valence-corrected chi connectivity index (χ1v) is 12.0. The van der Waals surface area contributed by atoms with Crippen LogP contribution in [-0.4, -0.2) is 41.5 Å². The number of quaternary nitrogens is 1. The van der Waals surface area contributed by atoms with Crippen molar-refractivity contribution in [1.82, 2.24) is 9.80 Å².